The molecule has 3 aromatic rings. The summed E-state index contributed by atoms with van der Waals surface area (Å²) in [5, 5.41) is 3.44. The van der Waals surface area contributed by atoms with Gasteiger partial charge in [0, 0.05) is 6.42 Å². The molecule has 1 aromatic carbocycles. The first-order chi connectivity index (χ1) is 10.9. The van der Waals surface area contributed by atoms with E-state index in [1.54, 1.807) is 6.26 Å². The molecule has 2 aromatic heterocycles. The number of imidazole rings is 1. The Morgan fingerprint density at radius 3 is 2.82 bits per heavy atom. The normalized spacial score (nSPS) is 16.4. The lowest BCUT2D eigenvalue weighted by atomic mass is 9.94. The molecule has 4 rings (SSSR count). The fourth-order valence-corrected chi connectivity index (χ4v) is 3.36. The number of nitrogens with one attached hydrogen (secondary N) is 1. The molecule has 0 saturated carbocycles. The van der Waals surface area contributed by atoms with Crippen LogP contribution in [0.4, 0.5) is 0 Å². The highest BCUT2D eigenvalue weighted by molar-refractivity contribution is 5.76. The topological polar surface area (TPSA) is 43.0 Å². The van der Waals surface area contributed by atoms with Crippen molar-refractivity contribution in [2.45, 2.75) is 25.8 Å². The van der Waals surface area contributed by atoms with Gasteiger partial charge in [-0.05, 0) is 56.1 Å². The molecule has 114 valence electrons. The van der Waals surface area contributed by atoms with Gasteiger partial charge in [-0.25, -0.2) is 4.98 Å². The van der Waals surface area contributed by atoms with Crippen molar-refractivity contribution in [3.63, 3.8) is 0 Å². The molecule has 0 bridgehead atoms. The molecule has 0 unspecified atom stereocenters. The molecule has 0 radical (unpaired) electrons. The Bertz CT molecular complexity index is 739. The number of aromatic nitrogens is 2. The Hall–Kier alpha value is -2.07. The summed E-state index contributed by atoms with van der Waals surface area (Å²) >= 11 is 0. The lowest BCUT2D eigenvalue weighted by Crippen LogP contribution is -2.29. The van der Waals surface area contributed by atoms with E-state index in [1.807, 2.05) is 12.1 Å². The van der Waals surface area contributed by atoms with E-state index in [0.717, 1.165) is 43.2 Å². The Morgan fingerprint density at radius 1 is 1.14 bits per heavy atom. The molecule has 4 heteroatoms. The maximum atomic E-state index is 5.54. The van der Waals surface area contributed by atoms with Crippen molar-refractivity contribution in [3.8, 4) is 0 Å². The Balaban J connectivity index is 1.69. The molecule has 22 heavy (non-hydrogen) atoms. The number of fused-ring (bicyclic) bond motifs is 1. The molecule has 0 amide bonds. The molecule has 0 spiro atoms. The Morgan fingerprint density at radius 2 is 2.00 bits per heavy atom. The summed E-state index contributed by atoms with van der Waals surface area (Å²) in [6.45, 7) is 3.01. The monoisotopic (exact) mass is 295 g/mol. The summed E-state index contributed by atoms with van der Waals surface area (Å²) in [6, 6.07) is 12.4. The number of nitrogens with zero attached hydrogens (tertiary/aromatic N) is 2. The molecule has 4 nitrogen and oxygen atoms in total. The van der Waals surface area contributed by atoms with E-state index in [1.165, 1.54) is 24.2 Å². The van der Waals surface area contributed by atoms with Gasteiger partial charge in [0.15, 0.2) is 0 Å². The van der Waals surface area contributed by atoms with Gasteiger partial charge in [-0.15, -0.1) is 0 Å². The van der Waals surface area contributed by atoms with Crippen molar-refractivity contribution < 1.29 is 4.42 Å². The van der Waals surface area contributed by atoms with Crippen LogP contribution >= 0.6 is 0 Å². The predicted octanol–water partition coefficient (Wildman–Crippen LogP) is 3.22. The minimum Gasteiger partial charge on any atom is -0.467 e. The molecule has 3 heterocycles. The van der Waals surface area contributed by atoms with Crippen LogP contribution in [0.2, 0.25) is 0 Å². The maximum absolute atomic E-state index is 5.54. The van der Waals surface area contributed by atoms with E-state index in [-0.39, 0.29) is 0 Å². The Labute approximate surface area is 130 Å². The molecular formula is C18H21N3O. The minimum absolute atomic E-state index is 0.730. The fourth-order valence-electron chi connectivity index (χ4n) is 3.36. The predicted molar refractivity (Wildman–Crippen MR) is 86.8 cm³/mol. The zero-order valence-corrected chi connectivity index (χ0v) is 12.7. The lowest BCUT2D eigenvalue weighted by molar-refractivity contribution is 0.363. The Kier molecular flexibility index (Phi) is 3.69. The number of para-hydroxylation sites is 2. The van der Waals surface area contributed by atoms with Gasteiger partial charge in [0.25, 0.3) is 0 Å². The van der Waals surface area contributed by atoms with Crippen LogP contribution in [-0.2, 0) is 13.0 Å². The third-order valence-electron chi connectivity index (χ3n) is 4.56. The average molecular weight is 295 g/mol. The number of furan rings is 1. The first kappa shape index (κ1) is 13.6. The third kappa shape index (κ3) is 2.66. The van der Waals surface area contributed by atoms with E-state index >= 15 is 0 Å². The minimum atomic E-state index is 0.730. The number of piperidine rings is 1. The van der Waals surface area contributed by atoms with Gasteiger partial charge in [0.1, 0.15) is 11.6 Å². The van der Waals surface area contributed by atoms with Gasteiger partial charge in [-0.3, -0.25) is 0 Å². The largest absolute Gasteiger partial charge is 0.467 e. The summed E-state index contributed by atoms with van der Waals surface area (Å²) in [5.74, 6) is 2.90. The smallest absolute Gasteiger partial charge is 0.123 e. The van der Waals surface area contributed by atoms with Gasteiger partial charge in [-0.2, -0.15) is 0 Å². The number of rotatable bonds is 4. The van der Waals surface area contributed by atoms with Crippen molar-refractivity contribution >= 4 is 11.0 Å². The SMILES string of the molecule is c1coc(Cn2c(CC3CCNCC3)nc3ccccc32)c1. The molecular weight excluding hydrogens is 274 g/mol. The van der Waals surface area contributed by atoms with Crippen molar-refractivity contribution in [2.24, 2.45) is 5.92 Å². The van der Waals surface area contributed by atoms with E-state index in [2.05, 4.69) is 34.1 Å². The maximum Gasteiger partial charge on any atom is 0.123 e. The molecule has 1 aliphatic heterocycles. The first-order valence-corrected chi connectivity index (χ1v) is 8.07. The molecule has 1 saturated heterocycles. The van der Waals surface area contributed by atoms with Crippen LogP contribution in [0.3, 0.4) is 0 Å². The van der Waals surface area contributed by atoms with E-state index in [9.17, 15) is 0 Å². The highest BCUT2D eigenvalue weighted by atomic mass is 16.3. The van der Waals surface area contributed by atoms with Crippen LogP contribution in [-0.4, -0.2) is 22.6 Å². The van der Waals surface area contributed by atoms with Gasteiger partial charge < -0.3 is 14.3 Å². The van der Waals surface area contributed by atoms with Crippen molar-refractivity contribution in [1.29, 1.82) is 0 Å². The van der Waals surface area contributed by atoms with E-state index in [0.29, 0.717) is 0 Å². The zero-order valence-electron chi connectivity index (χ0n) is 12.7. The van der Waals surface area contributed by atoms with E-state index in [4.69, 9.17) is 9.40 Å². The van der Waals surface area contributed by atoms with Gasteiger partial charge in [-0.1, -0.05) is 12.1 Å². The molecule has 0 aliphatic carbocycles. The third-order valence-corrected chi connectivity index (χ3v) is 4.56. The van der Waals surface area contributed by atoms with Crippen LogP contribution in [0.25, 0.3) is 11.0 Å². The molecule has 1 fully saturated rings. The second-order valence-electron chi connectivity index (χ2n) is 6.08. The summed E-state index contributed by atoms with van der Waals surface area (Å²) in [4.78, 5) is 4.89. The lowest BCUT2D eigenvalue weighted by Gasteiger charge is -2.22. The van der Waals surface area contributed by atoms with Crippen LogP contribution < -0.4 is 5.32 Å². The fraction of sp³-hybridized carbons (Fsp3) is 0.389. The quantitative estimate of drug-likeness (QED) is 0.803. The van der Waals surface area contributed by atoms with Crippen LogP contribution in [0.15, 0.2) is 47.1 Å². The van der Waals surface area contributed by atoms with Crippen LogP contribution in [0.5, 0.6) is 0 Å². The molecule has 1 N–H and O–H groups in total. The highest BCUT2D eigenvalue weighted by Gasteiger charge is 2.18. The summed E-state index contributed by atoms with van der Waals surface area (Å²) in [5.41, 5.74) is 2.28. The second kappa shape index (κ2) is 5.97. The van der Waals surface area contributed by atoms with E-state index < -0.39 is 0 Å². The molecule has 0 atom stereocenters. The van der Waals surface area contributed by atoms with Crippen molar-refractivity contribution in [1.82, 2.24) is 14.9 Å². The summed E-state index contributed by atoms with van der Waals surface area (Å²) in [6.07, 6.45) is 5.27. The van der Waals surface area contributed by atoms with Crippen molar-refractivity contribution in [2.75, 3.05) is 13.1 Å². The molecule has 1 aliphatic rings. The van der Waals surface area contributed by atoms with Gasteiger partial charge in [0.2, 0.25) is 0 Å². The van der Waals surface area contributed by atoms with Gasteiger partial charge >= 0.3 is 0 Å². The summed E-state index contributed by atoms with van der Waals surface area (Å²) in [7, 11) is 0. The number of benzene rings is 1. The summed E-state index contributed by atoms with van der Waals surface area (Å²) < 4.78 is 7.86. The average Bonchev–Trinajstić information content (AvgIpc) is 3.18. The first-order valence-electron chi connectivity index (χ1n) is 8.07. The highest BCUT2D eigenvalue weighted by Crippen LogP contribution is 2.23. The number of hydrogen-bond donors (Lipinski definition) is 1. The van der Waals surface area contributed by atoms with Crippen LogP contribution in [0.1, 0.15) is 24.4 Å². The number of hydrogen-bond acceptors (Lipinski definition) is 3. The van der Waals surface area contributed by atoms with Crippen molar-refractivity contribution in [3.05, 3.63) is 54.2 Å². The van der Waals surface area contributed by atoms with Gasteiger partial charge in [0.05, 0.1) is 23.8 Å². The standard InChI is InChI=1S/C18H21N3O/c1-2-6-17-16(5-1)20-18(12-14-7-9-19-10-8-14)21(17)13-15-4-3-11-22-15/h1-6,11,14,19H,7-10,12-13H2. The van der Waals surface area contributed by atoms with Crippen LogP contribution in [0, 0.1) is 5.92 Å². The zero-order chi connectivity index (χ0) is 14.8. The second-order valence-corrected chi connectivity index (χ2v) is 6.08.